The van der Waals surface area contributed by atoms with E-state index in [1.807, 2.05) is 50.1 Å². The third kappa shape index (κ3) is 5.75. The van der Waals surface area contributed by atoms with Crippen LogP contribution in [-0.4, -0.2) is 37.6 Å². The van der Waals surface area contributed by atoms with E-state index in [9.17, 15) is 4.79 Å². The lowest BCUT2D eigenvalue weighted by Crippen LogP contribution is -2.35. The number of hydrogen-bond acceptors (Lipinski definition) is 3. The van der Waals surface area contributed by atoms with Crippen LogP contribution in [0.4, 0.5) is 0 Å². The highest BCUT2D eigenvalue weighted by Gasteiger charge is 2.09. The maximum absolute atomic E-state index is 11.6. The molecule has 0 aliphatic heterocycles. The summed E-state index contributed by atoms with van der Waals surface area (Å²) in [5, 5.41) is 2.88. The first kappa shape index (κ1) is 15.5. The van der Waals surface area contributed by atoms with Gasteiger partial charge in [-0.1, -0.05) is 25.1 Å². The summed E-state index contributed by atoms with van der Waals surface area (Å²) in [7, 11) is 1.94. The number of ether oxygens (including phenoxy) is 1. The van der Waals surface area contributed by atoms with Crippen LogP contribution in [0.3, 0.4) is 0 Å². The molecule has 0 bridgehead atoms. The minimum atomic E-state index is 0.0678. The first-order valence-corrected chi connectivity index (χ1v) is 6.83. The summed E-state index contributed by atoms with van der Waals surface area (Å²) in [6, 6.07) is 7.95. The third-order valence-corrected chi connectivity index (χ3v) is 2.70. The van der Waals surface area contributed by atoms with Gasteiger partial charge in [-0.2, -0.15) is 0 Å². The van der Waals surface area contributed by atoms with Gasteiger partial charge in [-0.15, -0.1) is 0 Å². The summed E-state index contributed by atoms with van der Waals surface area (Å²) in [4.78, 5) is 13.6. The first-order chi connectivity index (χ1) is 9.17. The van der Waals surface area contributed by atoms with Gasteiger partial charge in [-0.25, -0.2) is 0 Å². The Hall–Kier alpha value is -1.55. The van der Waals surface area contributed by atoms with Crippen LogP contribution in [-0.2, 0) is 11.3 Å². The van der Waals surface area contributed by atoms with Gasteiger partial charge in [0.15, 0.2) is 0 Å². The number of rotatable bonds is 8. The Morgan fingerprint density at radius 3 is 2.74 bits per heavy atom. The molecular formula is C15H24N2O2. The predicted molar refractivity (Wildman–Crippen MR) is 77.2 cm³/mol. The lowest BCUT2D eigenvalue weighted by Gasteiger charge is -2.18. The Balaban J connectivity index is 2.51. The highest BCUT2D eigenvalue weighted by atomic mass is 16.5. The highest BCUT2D eigenvalue weighted by molar-refractivity contribution is 5.77. The molecule has 0 aromatic heterocycles. The summed E-state index contributed by atoms with van der Waals surface area (Å²) in [6.45, 7) is 6.51. The van der Waals surface area contributed by atoms with E-state index in [2.05, 4.69) is 5.32 Å². The van der Waals surface area contributed by atoms with E-state index in [4.69, 9.17) is 4.74 Å². The number of likely N-dealkylation sites (N-methyl/N-ethyl adjacent to an activating group) is 1. The molecule has 1 N–H and O–H groups in total. The van der Waals surface area contributed by atoms with Crippen molar-refractivity contribution in [3.8, 4) is 5.75 Å². The molecule has 1 rings (SSSR count). The fourth-order valence-corrected chi connectivity index (χ4v) is 1.84. The molecule has 0 aliphatic rings. The van der Waals surface area contributed by atoms with E-state index < -0.39 is 0 Å². The van der Waals surface area contributed by atoms with Crippen molar-refractivity contribution in [2.24, 2.45) is 0 Å². The second-order valence-electron chi connectivity index (χ2n) is 4.56. The van der Waals surface area contributed by atoms with Gasteiger partial charge in [0, 0.05) is 18.7 Å². The Morgan fingerprint density at radius 2 is 2.05 bits per heavy atom. The van der Waals surface area contributed by atoms with Gasteiger partial charge in [-0.3, -0.25) is 9.69 Å². The fourth-order valence-electron chi connectivity index (χ4n) is 1.84. The van der Waals surface area contributed by atoms with Crippen molar-refractivity contribution in [1.82, 2.24) is 10.2 Å². The molecule has 1 amide bonds. The largest absolute Gasteiger partial charge is 0.494 e. The third-order valence-electron chi connectivity index (χ3n) is 2.70. The SMILES string of the molecule is CCCNC(=O)CN(C)Cc1ccccc1OCC. The quantitative estimate of drug-likeness (QED) is 0.781. The zero-order valence-corrected chi connectivity index (χ0v) is 12.1. The monoisotopic (exact) mass is 264 g/mol. The molecule has 0 atom stereocenters. The average Bonchev–Trinajstić information content (AvgIpc) is 2.39. The van der Waals surface area contributed by atoms with E-state index >= 15 is 0 Å². The van der Waals surface area contributed by atoms with Crippen molar-refractivity contribution < 1.29 is 9.53 Å². The van der Waals surface area contributed by atoms with Crippen LogP contribution in [0, 0.1) is 0 Å². The molecule has 0 saturated heterocycles. The van der Waals surface area contributed by atoms with Crippen molar-refractivity contribution in [1.29, 1.82) is 0 Å². The molecule has 4 heteroatoms. The number of carbonyl (C=O) groups excluding carboxylic acids is 1. The molecule has 0 radical (unpaired) electrons. The second kappa shape index (κ2) is 8.53. The second-order valence-corrected chi connectivity index (χ2v) is 4.56. The summed E-state index contributed by atoms with van der Waals surface area (Å²) < 4.78 is 5.58. The molecule has 19 heavy (non-hydrogen) atoms. The molecular weight excluding hydrogens is 240 g/mol. The number of benzene rings is 1. The van der Waals surface area contributed by atoms with Gasteiger partial charge in [0.2, 0.25) is 5.91 Å². The van der Waals surface area contributed by atoms with Gasteiger partial charge >= 0.3 is 0 Å². The van der Waals surface area contributed by atoms with Crippen LogP contribution < -0.4 is 10.1 Å². The van der Waals surface area contributed by atoms with Crippen LogP contribution in [0.1, 0.15) is 25.8 Å². The Morgan fingerprint density at radius 1 is 1.32 bits per heavy atom. The highest BCUT2D eigenvalue weighted by Crippen LogP contribution is 2.19. The van der Waals surface area contributed by atoms with Gasteiger partial charge < -0.3 is 10.1 Å². The van der Waals surface area contributed by atoms with Crippen LogP contribution >= 0.6 is 0 Å². The van der Waals surface area contributed by atoms with Crippen LogP contribution in [0.2, 0.25) is 0 Å². The fraction of sp³-hybridized carbons (Fsp3) is 0.533. The van der Waals surface area contributed by atoms with E-state index in [0.29, 0.717) is 19.7 Å². The lowest BCUT2D eigenvalue weighted by molar-refractivity contribution is -0.122. The molecule has 0 fully saturated rings. The van der Waals surface area contributed by atoms with Gasteiger partial charge in [0.05, 0.1) is 13.2 Å². The van der Waals surface area contributed by atoms with Crippen molar-refractivity contribution in [2.45, 2.75) is 26.8 Å². The van der Waals surface area contributed by atoms with Gasteiger partial charge in [0.1, 0.15) is 5.75 Å². The predicted octanol–water partition coefficient (Wildman–Crippen LogP) is 2.04. The van der Waals surface area contributed by atoms with Crippen molar-refractivity contribution in [3.05, 3.63) is 29.8 Å². The number of amides is 1. The number of nitrogens with zero attached hydrogens (tertiary/aromatic N) is 1. The minimum absolute atomic E-state index is 0.0678. The molecule has 4 nitrogen and oxygen atoms in total. The summed E-state index contributed by atoms with van der Waals surface area (Å²) >= 11 is 0. The summed E-state index contributed by atoms with van der Waals surface area (Å²) in [5.74, 6) is 0.962. The smallest absolute Gasteiger partial charge is 0.234 e. The van der Waals surface area contributed by atoms with Crippen LogP contribution in [0.15, 0.2) is 24.3 Å². The van der Waals surface area contributed by atoms with Crippen molar-refractivity contribution in [3.63, 3.8) is 0 Å². The van der Waals surface area contributed by atoms with Crippen molar-refractivity contribution >= 4 is 5.91 Å². The normalized spacial score (nSPS) is 10.5. The number of hydrogen-bond donors (Lipinski definition) is 1. The standard InChI is InChI=1S/C15H24N2O2/c1-4-10-16-15(18)12-17(3)11-13-8-6-7-9-14(13)19-5-2/h6-9H,4-5,10-12H2,1-3H3,(H,16,18). The molecule has 0 unspecified atom stereocenters. The minimum Gasteiger partial charge on any atom is -0.494 e. The molecule has 1 aromatic rings. The van der Waals surface area contributed by atoms with E-state index in [0.717, 1.165) is 24.3 Å². The van der Waals surface area contributed by atoms with Crippen LogP contribution in [0.5, 0.6) is 5.75 Å². The Bertz CT molecular complexity index is 393. The Labute approximate surface area is 115 Å². The van der Waals surface area contributed by atoms with Gasteiger partial charge in [-0.05, 0) is 26.5 Å². The van der Waals surface area contributed by atoms with Crippen molar-refractivity contribution in [2.75, 3.05) is 26.7 Å². The molecule has 0 spiro atoms. The molecule has 0 saturated carbocycles. The lowest BCUT2D eigenvalue weighted by atomic mass is 10.2. The zero-order chi connectivity index (χ0) is 14.1. The molecule has 0 aliphatic carbocycles. The zero-order valence-electron chi connectivity index (χ0n) is 12.1. The van der Waals surface area contributed by atoms with Gasteiger partial charge in [0.25, 0.3) is 0 Å². The molecule has 0 heterocycles. The maximum Gasteiger partial charge on any atom is 0.234 e. The van der Waals surface area contributed by atoms with Crippen LogP contribution in [0.25, 0.3) is 0 Å². The Kier molecular flexibility index (Phi) is 6.97. The average molecular weight is 264 g/mol. The summed E-state index contributed by atoms with van der Waals surface area (Å²) in [6.07, 6.45) is 0.961. The van der Waals surface area contributed by atoms with E-state index in [1.54, 1.807) is 0 Å². The summed E-state index contributed by atoms with van der Waals surface area (Å²) in [5.41, 5.74) is 1.11. The molecule has 106 valence electrons. The van der Waals surface area contributed by atoms with E-state index in [1.165, 1.54) is 0 Å². The number of nitrogens with one attached hydrogen (secondary N) is 1. The van der Waals surface area contributed by atoms with E-state index in [-0.39, 0.29) is 5.91 Å². The number of para-hydroxylation sites is 1. The topological polar surface area (TPSA) is 41.6 Å². The first-order valence-electron chi connectivity index (χ1n) is 6.83. The number of carbonyl (C=O) groups is 1. The molecule has 1 aromatic carbocycles. The maximum atomic E-state index is 11.6.